The monoisotopic (exact) mass is 452 g/mol. The minimum atomic E-state index is -0.213. The lowest BCUT2D eigenvalue weighted by Crippen LogP contribution is -2.48. The molecule has 2 saturated heterocycles. The number of aromatic nitrogens is 4. The highest BCUT2D eigenvalue weighted by Gasteiger charge is 2.31. The fraction of sp³-hybridized carbons (Fsp3) is 0.458. The number of hydrogen-bond acceptors (Lipinski definition) is 7. The van der Waals surface area contributed by atoms with E-state index < -0.39 is 0 Å². The van der Waals surface area contributed by atoms with Gasteiger partial charge in [-0.05, 0) is 65.2 Å². The molecule has 8 nitrogen and oxygen atoms in total. The Bertz CT molecular complexity index is 1030. The van der Waals surface area contributed by atoms with Crippen molar-refractivity contribution in [1.82, 2.24) is 25.1 Å². The van der Waals surface area contributed by atoms with E-state index in [1.54, 1.807) is 7.11 Å². The molecule has 0 saturated carbocycles. The van der Waals surface area contributed by atoms with Gasteiger partial charge in [-0.15, -0.1) is 5.10 Å². The maximum absolute atomic E-state index is 13.3. The van der Waals surface area contributed by atoms with E-state index >= 15 is 0 Å². The standard InChI is InChI=1S/C24H29FN6O2/c1-32-21-10-4-18(5-11-21)23(24-26-27-28-31(24)17-22-3-2-16-33-22)30-14-12-29(13-15-30)20-8-6-19(25)7-9-20/h4-11,22-23H,2-3,12-17H2,1H3/t22-,23-/m0/s1. The summed E-state index contributed by atoms with van der Waals surface area (Å²) in [5.74, 6) is 1.43. The molecule has 3 heterocycles. The third-order valence-electron chi connectivity index (χ3n) is 6.51. The van der Waals surface area contributed by atoms with Gasteiger partial charge in [-0.25, -0.2) is 9.07 Å². The Morgan fingerprint density at radius 1 is 1.06 bits per heavy atom. The van der Waals surface area contributed by atoms with Crippen LogP contribution >= 0.6 is 0 Å². The SMILES string of the molecule is COc1ccc([C@@H](c2nnnn2C[C@@H]2CCCO2)N2CCN(c3ccc(F)cc3)CC2)cc1. The van der Waals surface area contributed by atoms with E-state index in [1.165, 1.54) is 12.1 Å². The number of halogens is 1. The molecule has 3 aromatic rings. The molecule has 0 radical (unpaired) electrons. The Labute approximate surface area is 192 Å². The van der Waals surface area contributed by atoms with E-state index in [-0.39, 0.29) is 18.0 Å². The van der Waals surface area contributed by atoms with Crippen LogP contribution in [0.4, 0.5) is 10.1 Å². The van der Waals surface area contributed by atoms with Crippen LogP contribution in [0.2, 0.25) is 0 Å². The summed E-state index contributed by atoms with van der Waals surface area (Å²) in [6.45, 7) is 4.80. The lowest BCUT2D eigenvalue weighted by Gasteiger charge is -2.40. The highest BCUT2D eigenvalue weighted by atomic mass is 19.1. The van der Waals surface area contributed by atoms with Gasteiger partial charge in [-0.1, -0.05) is 12.1 Å². The lowest BCUT2D eigenvalue weighted by molar-refractivity contribution is 0.0906. The van der Waals surface area contributed by atoms with Gasteiger partial charge in [0.25, 0.3) is 0 Å². The number of hydrogen-bond donors (Lipinski definition) is 0. The average Bonchev–Trinajstić information content (AvgIpc) is 3.54. The summed E-state index contributed by atoms with van der Waals surface area (Å²) in [4.78, 5) is 4.70. The Morgan fingerprint density at radius 3 is 2.48 bits per heavy atom. The normalized spacial score (nSPS) is 20.2. The van der Waals surface area contributed by atoms with Crippen molar-refractivity contribution >= 4 is 5.69 Å². The van der Waals surface area contributed by atoms with Gasteiger partial charge in [0.05, 0.1) is 25.8 Å². The zero-order valence-corrected chi connectivity index (χ0v) is 18.8. The fourth-order valence-electron chi connectivity index (χ4n) is 4.72. The minimum absolute atomic E-state index is 0.0809. The van der Waals surface area contributed by atoms with Gasteiger partial charge in [-0.2, -0.15) is 0 Å². The Balaban J connectivity index is 1.39. The first-order valence-corrected chi connectivity index (χ1v) is 11.5. The zero-order chi connectivity index (χ0) is 22.6. The molecule has 2 aliphatic heterocycles. The number of methoxy groups -OCH3 is 1. The van der Waals surface area contributed by atoms with Gasteiger partial charge < -0.3 is 14.4 Å². The third kappa shape index (κ3) is 4.84. The Hall–Kier alpha value is -3.04. The summed E-state index contributed by atoms with van der Waals surface area (Å²) >= 11 is 0. The predicted molar refractivity (Wildman–Crippen MR) is 122 cm³/mol. The molecule has 0 amide bonds. The van der Waals surface area contributed by atoms with Crippen molar-refractivity contribution in [3.05, 3.63) is 65.7 Å². The summed E-state index contributed by atoms with van der Waals surface area (Å²) in [6, 6.07) is 14.8. The first-order valence-electron chi connectivity index (χ1n) is 11.5. The molecular weight excluding hydrogens is 423 g/mol. The topological polar surface area (TPSA) is 68.5 Å². The molecule has 1 aromatic heterocycles. The smallest absolute Gasteiger partial charge is 0.173 e. The van der Waals surface area contributed by atoms with Crippen molar-refractivity contribution in [2.45, 2.75) is 31.5 Å². The van der Waals surface area contributed by atoms with E-state index in [0.29, 0.717) is 6.54 Å². The molecular formula is C24H29FN6O2. The number of anilines is 1. The van der Waals surface area contributed by atoms with Crippen LogP contribution in [0.3, 0.4) is 0 Å². The van der Waals surface area contributed by atoms with Crippen LogP contribution in [0.25, 0.3) is 0 Å². The fourth-order valence-corrected chi connectivity index (χ4v) is 4.72. The molecule has 2 aliphatic rings. The third-order valence-corrected chi connectivity index (χ3v) is 6.51. The molecule has 2 aromatic carbocycles. The van der Waals surface area contributed by atoms with Crippen LogP contribution in [-0.4, -0.2) is 71.1 Å². The molecule has 2 atom stereocenters. The van der Waals surface area contributed by atoms with Crippen molar-refractivity contribution in [2.75, 3.05) is 44.8 Å². The van der Waals surface area contributed by atoms with Crippen LogP contribution in [0.1, 0.15) is 30.3 Å². The number of ether oxygens (including phenoxy) is 2. The van der Waals surface area contributed by atoms with Crippen LogP contribution in [0, 0.1) is 5.82 Å². The molecule has 0 unspecified atom stereocenters. The van der Waals surface area contributed by atoms with Gasteiger partial charge in [0.1, 0.15) is 11.6 Å². The summed E-state index contributed by atoms with van der Waals surface area (Å²) < 4.78 is 26.4. The number of benzene rings is 2. The van der Waals surface area contributed by atoms with Crippen molar-refractivity contribution < 1.29 is 13.9 Å². The predicted octanol–water partition coefficient (Wildman–Crippen LogP) is 2.91. The molecule has 0 N–H and O–H groups in total. The van der Waals surface area contributed by atoms with Crippen molar-refractivity contribution in [3.8, 4) is 5.75 Å². The molecule has 5 rings (SSSR count). The van der Waals surface area contributed by atoms with Crippen LogP contribution < -0.4 is 9.64 Å². The maximum Gasteiger partial charge on any atom is 0.173 e. The number of piperazine rings is 1. The highest BCUT2D eigenvalue weighted by Crippen LogP contribution is 2.31. The second-order valence-corrected chi connectivity index (χ2v) is 8.53. The Kier molecular flexibility index (Phi) is 6.50. The first kappa shape index (κ1) is 21.8. The molecule has 0 aliphatic carbocycles. The number of nitrogens with zero attached hydrogens (tertiary/aromatic N) is 6. The van der Waals surface area contributed by atoms with E-state index in [9.17, 15) is 4.39 Å². The van der Waals surface area contributed by atoms with Crippen LogP contribution in [0.5, 0.6) is 5.75 Å². The van der Waals surface area contributed by atoms with Crippen molar-refractivity contribution in [1.29, 1.82) is 0 Å². The summed E-state index contributed by atoms with van der Waals surface area (Å²) in [6.07, 6.45) is 2.26. The molecule has 2 fully saturated rings. The van der Waals surface area contributed by atoms with Gasteiger partial charge in [0.15, 0.2) is 5.82 Å². The van der Waals surface area contributed by atoms with Gasteiger partial charge in [-0.3, -0.25) is 4.90 Å². The summed E-state index contributed by atoms with van der Waals surface area (Å²) in [5, 5.41) is 12.8. The maximum atomic E-state index is 13.3. The van der Waals surface area contributed by atoms with E-state index in [1.807, 2.05) is 28.9 Å². The Morgan fingerprint density at radius 2 is 1.82 bits per heavy atom. The quantitative estimate of drug-likeness (QED) is 0.546. The van der Waals surface area contributed by atoms with E-state index in [0.717, 1.165) is 68.5 Å². The minimum Gasteiger partial charge on any atom is -0.497 e. The highest BCUT2D eigenvalue weighted by molar-refractivity contribution is 5.46. The van der Waals surface area contributed by atoms with Gasteiger partial charge in [0, 0.05) is 38.5 Å². The van der Waals surface area contributed by atoms with Gasteiger partial charge in [0.2, 0.25) is 0 Å². The van der Waals surface area contributed by atoms with E-state index in [2.05, 4.69) is 37.5 Å². The largest absolute Gasteiger partial charge is 0.497 e. The lowest BCUT2D eigenvalue weighted by atomic mass is 10.0. The number of tetrazole rings is 1. The van der Waals surface area contributed by atoms with Crippen molar-refractivity contribution in [2.24, 2.45) is 0 Å². The average molecular weight is 453 g/mol. The molecule has 0 spiro atoms. The molecule has 0 bridgehead atoms. The van der Waals surface area contributed by atoms with Crippen molar-refractivity contribution in [3.63, 3.8) is 0 Å². The second kappa shape index (κ2) is 9.84. The molecule has 174 valence electrons. The zero-order valence-electron chi connectivity index (χ0n) is 18.8. The summed E-state index contributed by atoms with van der Waals surface area (Å²) in [7, 11) is 1.67. The number of rotatable bonds is 7. The second-order valence-electron chi connectivity index (χ2n) is 8.53. The van der Waals surface area contributed by atoms with Crippen LogP contribution in [0.15, 0.2) is 48.5 Å². The first-order chi connectivity index (χ1) is 16.2. The summed E-state index contributed by atoms with van der Waals surface area (Å²) in [5.41, 5.74) is 2.16. The van der Waals surface area contributed by atoms with E-state index in [4.69, 9.17) is 9.47 Å². The van der Waals surface area contributed by atoms with Crippen LogP contribution in [-0.2, 0) is 11.3 Å². The van der Waals surface area contributed by atoms with Gasteiger partial charge >= 0.3 is 0 Å². The molecule has 33 heavy (non-hydrogen) atoms. The molecule has 9 heteroatoms.